The Bertz CT molecular complexity index is 700. The minimum Gasteiger partial charge on any atom is -0.399 e. The van der Waals surface area contributed by atoms with Gasteiger partial charge >= 0.3 is 0 Å². The molecule has 0 unspecified atom stereocenters. The van der Waals surface area contributed by atoms with Crippen LogP contribution >= 0.6 is 31.9 Å². The molecule has 0 saturated heterocycles. The lowest BCUT2D eigenvalue weighted by Gasteiger charge is -2.16. The van der Waals surface area contributed by atoms with Gasteiger partial charge in [0.15, 0.2) is 0 Å². The molecule has 5 heteroatoms. The summed E-state index contributed by atoms with van der Waals surface area (Å²) < 4.78 is 1.74. The molecule has 3 nitrogen and oxygen atoms in total. The van der Waals surface area contributed by atoms with E-state index in [0.29, 0.717) is 18.7 Å². The Labute approximate surface area is 134 Å². The van der Waals surface area contributed by atoms with Gasteiger partial charge in [-0.25, -0.2) is 0 Å². The number of amides is 1. The van der Waals surface area contributed by atoms with Crippen molar-refractivity contribution in [2.45, 2.75) is 13.1 Å². The fraction of sp³-hybridized carbons (Fsp3) is 0.133. The van der Waals surface area contributed by atoms with E-state index in [1.165, 1.54) is 5.56 Å². The molecule has 0 fully saturated rings. The van der Waals surface area contributed by atoms with Crippen LogP contribution in [0.15, 0.2) is 45.3 Å². The van der Waals surface area contributed by atoms with Crippen molar-refractivity contribution in [1.29, 1.82) is 0 Å². The summed E-state index contributed by atoms with van der Waals surface area (Å²) in [7, 11) is 0. The number of carbonyl (C=O) groups is 1. The van der Waals surface area contributed by atoms with Gasteiger partial charge < -0.3 is 10.6 Å². The average molecular weight is 396 g/mol. The summed E-state index contributed by atoms with van der Waals surface area (Å²) in [6.07, 6.45) is 0. The molecule has 1 aliphatic heterocycles. The predicted octanol–water partition coefficient (Wildman–Crippen LogP) is 3.95. The maximum atomic E-state index is 12.6. The van der Waals surface area contributed by atoms with Gasteiger partial charge in [-0.2, -0.15) is 0 Å². The zero-order chi connectivity index (χ0) is 14.3. The fourth-order valence-electron chi connectivity index (χ4n) is 2.39. The summed E-state index contributed by atoms with van der Waals surface area (Å²) in [6.45, 7) is 1.25. The number of benzene rings is 2. The number of nitrogens with two attached hydrogens (primary N) is 1. The molecular weight excluding hydrogens is 384 g/mol. The molecule has 0 radical (unpaired) electrons. The summed E-state index contributed by atoms with van der Waals surface area (Å²) >= 11 is 6.84. The first-order valence-electron chi connectivity index (χ1n) is 6.16. The number of rotatable bonds is 1. The highest BCUT2D eigenvalue weighted by molar-refractivity contribution is 9.11. The molecule has 20 heavy (non-hydrogen) atoms. The van der Waals surface area contributed by atoms with Gasteiger partial charge in [0.1, 0.15) is 0 Å². The summed E-state index contributed by atoms with van der Waals surface area (Å²) in [4.78, 5) is 14.4. The van der Waals surface area contributed by atoms with Crippen LogP contribution in [0.4, 0.5) is 5.69 Å². The lowest BCUT2D eigenvalue weighted by Crippen LogP contribution is -2.25. The maximum Gasteiger partial charge on any atom is 0.255 e. The van der Waals surface area contributed by atoms with Crippen LogP contribution in [0.25, 0.3) is 0 Å². The van der Waals surface area contributed by atoms with Crippen molar-refractivity contribution in [3.63, 3.8) is 0 Å². The smallest absolute Gasteiger partial charge is 0.255 e. The van der Waals surface area contributed by atoms with Crippen LogP contribution < -0.4 is 5.73 Å². The van der Waals surface area contributed by atoms with E-state index >= 15 is 0 Å². The van der Waals surface area contributed by atoms with Crippen molar-refractivity contribution in [3.05, 3.63) is 62.0 Å². The Morgan fingerprint density at radius 1 is 1.05 bits per heavy atom. The van der Waals surface area contributed by atoms with E-state index in [1.54, 1.807) is 0 Å². The SMILES string of the molecule is Nc1ccc2c(c1)CN(C(=O)c1ccc(Br)cc1Br)C2. The highest BCUT2D eigenvalue weighted by atomic mass is 79.9. The molecule has 1 heterocycles. The number of carbonyl (C=O) groups excluding carboxylic acids is 1. The topological polar surface area (TPSA) is 46.3 Å². The molecule has 2 N–H and O–H groups in total. The maximum absolute atomic E-state index is 12.6. The third kappa shape index (κ3) is 2.47. The first-order valence-corrected chi connectivity index (χ1v) is 7.75. The van der Waals surface area contributed by atoms with Crippen LogP contribution in [0.1, 0.15) is 21.5 Å². The minimum atomic E-state index is 0.0270. The third-order valence-corrected chi connectivity index (χ3v) is 4.55. The summed E-state index contributed by atoms with van der Waals surface area (Å²) in [6, 6.07) is 11.4. The van der Waals surface area contributed by atoms with E-state index in [4.69, 9.17) is 5.73 Å². The molecule has 1 aliphatic rings. The molecule has 1 amide bonds. The number of fused-ring (bicyclic) bond motifs is 1. The molecule has 0 aromatic heterocycles. The van der Waals surface area contributed by atoms with E-state index in [1.807, 2.05) is 41.3 Å². The van der Waals surface area contributed by atoms with E-state index in [0.717, 1.165) is 20.2 Å². The number of hydrogen-bond donors (Lipinski definition) is 1. The molecule has 0 atom stereocenters. The molecule has 0 aliphatic carbocycles. The monoisotopic (exact) mass is 394 g/mol. The summed E-state index contributed by atoms with van der Waals surface area (Å²) in [5.74, 6) is 0.0270. The van der Waals surface area contributed by atoms with Crippen molar-refractivity contribution in [2.24, 2.45) is 0 Å². The van der Waals surface area contributed by atoms with Crippen LogP contribution in [0, 0.1) is 0 Å². The summed E-state index contributed by atoms with van der Waals surface area (Å²) in [5, 5.41) is 0. The number of anilines is 1. The standard InChI is InChI=1S/C15H12Br2N2O/c16-11-2-4-13(14(17)6-11)15(20)19-7-9-1-3-12(18)5-10(9)8-19/h1-6H,7-8,18H2. The normalized spacial score (nSPS) is 13.4. The lowest BCUT2D eigenvalue weighted by atomic mass is 10.1. The van der Waals surface area contributed by atoms with Crippen LogP contribution in [0.5, 0.6) is 0 Å². The molecule has 0 saturated carbocycles. The van der Waals surface area contributed by atoms with Gasteiger partial charge in [-0.05, 0) is 57.4 Å². The van der Waals surface area contributed by atoms with Crippen LogP contribution in [0.3, 0.4) is 0 Å². The molecule has 2 aromatic carbocycles. The lowest BCUT2D eigenvalue weighted by molar-refractivity contribution is 0.0750. The van der Waals surface area contributed by atoms with Crippen LogP contribution in [-0.4, -0.2) is 10.8 Å². The van der Waals surface area contributed by atoms with Gasteiger partial charge in [-0.1, -0.05) is 22.0 Å². The zero-order valence-corrected chi connectivity index (χ0v) is 13.7. The second kappa shape index (κ2) is 5.22. The van der Waals surface area contributed by atoms with Gasteiger partial charge in [0, 0.05) is 27.7 Å². The zero-order valence-electron chi connectivity index (χ0n) is 10.6. The van der Waals surface area contributed by atoms with Gasteiger partial charge in [-0.15, -0.1) is 0 Å². The predicted molar refractivity (Wildman–Crippen MR) is 86.3 cm³/mol. The molecule has 0 spiro atoms. The second-order valence-corrected chi connectivity index (χ2v) is 6.58. The molecule has 102 valence electrons. The quantitative estimate of drug-likeness (QED) is 0.743. The van der Waals surface area contributed by atoms with Crippen molar-refractivity contribution in [2.75, 3.05) is 5.73 Å². The van der Waals surface area contributed by atoms with Crippen LogP contribution in [0.2, 0.25) is 0 Å². The van der Waals surface area contributed by atoms with Gasteiger partial charge in [0.25, 0.3) is 5.91 Å². The Kier molecular flexibility index (Phi) is 3.56. The van der Waals surface area contributed by atoms with Gasteiger partial charge in [0.05, 0.1) is 5.56 Å². The van der Waals surface area contributed by atoms with Crippen LogP contribution in [-0.2, 0) is 13.1 Å². The van der Waals surface area contributed by atoms with Crippen molar-refractivity contribution < 1.29 is 4.79 Å². The molecule has 2 aromatic rings. The number of hydrogen-bond acceptors (Lipinski definition) is 2. The van der Waals surface area contributed by atoms with E-state index < -0.39 is 0 Å². The van der Waals surface area contributed by atoms with E-state index in [2.05, 4.69) is 31.9 Å². The van der Waals surface area contributed by atoms with Crippen molar-refractivity contribution in [3.8, 4) is 0 Å². The Hall–Kier alpha value is -1.33. The Balaban J connectivity index is 1.87. The van der Waals surface area contributed by atoms with Crippen molar-refractivity contribution in [1.82, 2.24) is 4.90 Å². The number of halogens is 2. The fourth-order valence-corrected chi connectivity index (χ4v) is 3.61. The number of nitrogen functional groups attached to an aromatic ring is 1. The van der Waals surface area contributed by atoms with Gasteiger partial charge in [-0.3, -0.25) is 4.79 Å². The molecular formula is C15H12Br2N2O. The number of nitrogens with zero attached hydrogens (tertiary/aromatic N) is 1. The van der Waals surface area contributed by atoms with Gasteiger partial charge in [0.2, 0.25) is 0 Å². The third-order valence-electron chi connectivity index (χ3n) is 3.40. The average Bonchev–Trinajstić information content (AvgIpc) is 2.81. The highest BCUT2D eigenvalue weighted by Crippen LogP contribution is 2.29. The summed E-state index contributed by atoms with van der Waals surface area (Å²) in [5.41, 5.74) is 9.50. The second-order valence-electron chi connectivity index (χ2n) is 4.81. The largest absolute Gasteiger partial charge is 0.399 e. The first kappa shape index (κ1) is 13.6. The molecule has 3 rings (SSSR count). The Morgan fingerprint density at radius 3 is 2.55 bits per heavy atom. The minimum absolute atomic E-state index is 0.0270. The molecule has 0 bridgehead atoms. The van der Waals surface area contributed by atoms with E-state index in [-0.39, 0.29) is 5.91 Å². The van der Waals surface area contributed by atoms with Crippen molar-refractivity contribution >= 4 is 43.5 Å². The van der Waals surface area contributed by atoms with E-state index in [9.17, 15) is 4.79 Å². The Morgan fingerprint density at radius 2 is 1.80 bits per heavy atom. The highest BCUT2D eigenvalue weighted by Gasteiger charge is 2.25. The first-order chi connectivity index (χ1) is 9.54.